The number of fused-ring (bicyclic) bond motifs is 9. The molecule has 3 heteroatoms. The van der Waals surface area contributed by atoms with Crippen LogP contribution in [-0.4, -0.2) is 13.7 Å². The van der Waals surface area contributed by atoms with E-state index in [0.29, 0.717) is 0 Å². The molecule has 0 fully saturated rings. The fraction of sp³-hybridized carbons (Fsp3) is 0.324. The largest absolute Gasteiger partial charge is 0.309 e. The van der Waals surface area contributed by atoms with E-state index in [0.717, 1.165) is 37.0 Å². The Morgan fingerprint density at radius 1 is 0.297 bits per heavy atom. The average Bonchev–Trinajstić information content (AvgIpc) is 4.08. The topological polar surface area (TPSA) is 14.8 Å². The number of nitrogens with zero attached hydrogens (tertiary/aromatic N) is 3. The molecule has 3 nitrogen and oxygen atoms in total. The summed E-state index contributed by atoms with van der Waals surface area (Å²) in [4.78, 5) is 0. The van der Waals surface area contributed by atoms with Crippen molar-refractivity contribution in [2.24, 2.45) is 17.8 Å². The molecule has 0 bridgehead atoms. The van der Waals surface area contributed by atoms with Crippen LogP contribution in [0, 0.1) is 17.8 Å². The number of hydrogen-bond donors (Lipinski definition) is 0. The zero-order chi connectivity index (χ0) is 50.7. The summed E-state index contributed by atoms with van der Waals surface area (Å²) in [5, 5.41) is 7.84. The van der Waals surface area contributed by atoms with E-state index in [1.54, 1.807) is 0 Å². The number of unbranched alkanes of at least 4 members (excludes halogenated alkanes) is 2. The first-order valence-corrected chi connectivity index (χ1v) is 28.7. The van der Waals surface area contributed by atoms with Crippen molar-refractivity contribution < 1.29 is 0 Å². The lowest BCUT2D eigenvalue weighted by molar-refractivity contribution is 0.449. The maximum atomic E-state index is 2.54. The van der Waals surface area contributed by atoms with Crippen LogP contribution in [0.4, 0.5) is 0 Å². The Bertz CT molecular complexity index is 3720. The Morgan fingerprint density at radius 3 is 1.27 bits per heavy atom. The summed E-state index contributed by atoms with van der Waals surface area (Å²) in [6, 6.07) is 65.5. The highest BCUT2D eigenvalue weighted by atomic mass is 15.0. The lowest BCUT2D eigenvalue weighted by atomic mass is 9.91. The summed E-state index contributed by atoms with van der Waals surface area (Å²) < 4.78 is 7.48. The van der Waals surface area contributed by atoms with Crippen molar-refractivity contribution in [3.05, 3.63) is 187 Å². The second kappa shape index (κ2) is 21.9. The van der Waals surface area contributed by atoms with Crippen molar-refractivity contribution in [1.29, 1.82) is 0 Å². The van der Waals surface area contributed by atoms with Crippen molar-refractivity contribution in [3.8, 4) is 28.2 Å². The molecule has 0 aliphatic rings. The van der Waals surface area contributed by atoms with Gasteiger partial charge in [0.15, 0.2) is 0 Å². The van der Waals surface area contributed by atoms with Crippen LogP contribution in [0.3, 0.4) is 0 Å². The van der Waals surface area contributed by atoms with Gasteiger partial charge in [-0.15, -0.1) is 0 Å². The average molecular weight is 972 g/mol. The molecule has 11 rings (SSSR count). The van der Waals surface area contributed by atoms with Gasteiger partial charge in [0.05, 0.1) is 33.1 Å². The standard InChI is InChI=1S/C71H77N3/c1-7-13-21-50(11-5)41-52-29-34-57(35-30-52)72-66-27-17-15-25-60(66)64-47-56(33-39-70(64)72)55-23-19-24-58(46-55)73-67-28-18-16-26-61(67)65-48-59(36-40-71(65)73)74-68-37-31-53(42-49(10-4)20-9-3)44-62(68)63-45-54(32-38-69(63)74)43-51(12-6)22-14-8-2/h15-19,23-40,44-51H,7-14,20-22,41-43H2,1-6H3. The molecule has 8 aromatic carbocycles. The highest BCUT2D eigenvalue weighted by molar-refractivity contribution is 6.13. The van der Waals surface area contributed by atoms with Crippen molar-refractivity contribution in [1.82, 2.24) is 13.7 Å². The van der Waals surface area contributed by atoms with E-state index in [9.17, 15) is 0 Å². The van der Waals surface area contributed by atoms with E-state index in [1.807, 2.05) is 0 Å². The summed E-state index contributed by atoms with van der Waals surface area (Å²) in [7, 11) is 0. The highest BCUT2D eigenvalue weighted by Crippen LogP contribution is 2.40. The summed E-state index contributed by atoms with van der Waals surface area (Å²) in [6.07, 6.45) is 17.4. The molecule has 0 radical (unpaired) electrons. The van der Waals surface area contributed by atoms with Crippen molar-refractivity contribution in [2.75, 3.05) is 0 Å². The molecule has 376 valence electrons. The third kappa shape index (κ3) is 9.49. The lowest BCUT2D eigenvalue weighted by Gasteiger charge is -2.15. The Kier molecular flexibility index (Phi) is 14.6. The lowest BCUT2D eigenvalue weighted by Crippen LogP contribution is -2.03. The third-order valence-electron chi connectivity index (χ3n) is 17.0. The normalized spacial score (nSPS) is 13.3. The van der Waals surface area contributed by atoms with Crippen molar-refractivity contribution in [3.63, 3.8) is 0 Å². The van der Waals surface area contributed by atoms with E-state index in [1.165, 1.54) is 181 Å². The molecule has 0 spiro atoms. The smallest absolute Gasteiger partial charge is 0.0542 e. The number of para-hydroxylation sites is 2. The van der Waals surface area contributed by atoms with E-state index in [-0.39, 0.29) is 0 Å². The van der Waals surface area contributed by atoms with Crippen LogP contribution >= 0.6 is 0 Å². The van der Waals surface area contributed by atoms with E-state index in [4.69, 9.17) is 0 Å². The van der Waals surface area contributed by atoms with E-state index >= 15 is 0 Å². The van der Waals surface area contributed by atoms with Gasteiger partial charge in [0.25, 0.3) is 0 Å². The molecule has 3 heterocycles. The summed E-state index contributed by atoms with van der Waals surface area (Å²) >= 11 is 0. The number of aromatic nitrogens is 3. The maximum absolute atomic E-state index is 2.54. The van der Waals surface area contributed by atoms with Crippen LogP contribution in [0.1, 0.15) is 129 Å². The second-order valence-corrected chi connectivity index (χ2v) is 21.9. The SMILES string of the molecule is CCCCC(CC)Cc1ccc(-n2c3ccccc3c3cc(-c4cccc(-n5c6ccccc6c6cc(-n7c8ccc(CC(CC)CCC)cc8c8cc(CC(CC)CCCC)ccc87)ccc65)c4)ccc32)cc1. The Labute approximate surface area is 440 Å². The Balaban J connectivity index is 0.977. The van der Waals surface area contributed by atoms with Gasteiger partial charge in [-0.1, -0.05) is 191 Å². The first-order valence-electron chi connectivity index (χ1n) is 28.7. The summed E-state index contributed by atoms with van der Waals surface area (Å²) in [5.41, 5.74) is 17.9. The molecule has 0 aliphatic carbocycles. The summed E-state index contributed by atoms with van der Waals surface area (Å²) in [5.74, 6) is 2.19. The van der Waals surface area contributed by atoms with Gasteiger partial charge in [-0.25, -0.2) is 0 Å². The molecule has 0 saturated heterocycles. The number of rotatable bonds is 21. The van der Waals surface area contributed by atoms with Gasteiger partial charge in [-0.3, -0.25) is 0 Å². The Morgan fingerprint density at radius 2 is 0.716 bits per heavy atom. The molecule has 3 atom stereocenters. The monoisotopic (exact) mass is 972 g/mol. The van der Waals surface area contributed by atoms with Gasteiger partial charge >= 0.3 is 0 Å². The zero-order valence-corrected chi connectivity index (χ0v) is 45.1. The van der Waals surface area contributed by atoms with E-state index < -0.39 is 0 Å². The quantitative estimate of drug-likeness (QED) is 0.0682. The zero-order valence-electron chi connectivity index (χ0n) is 45.1. The van der Waals surface area contributed by atoms with Crippen molar-refractivity contribution >= 4 is 65.4 Å². The highest BCUT2D eigenvalue weighted by Gasteiger charge is 2.20. The molecule has 3 aromatic heterocycles. The predicted molar refractivity (Wildman–Crippen MR) is 321 cm³/mol. The fourth-order valence-electron chi connectivity index (χ4n) is 12.8. The molecule has 74 heavy (non-hydrogen) atoms. The van der Waals surface area contributed by atoms with Crippen LogP contribution in [-0.2, 0) is 19.3 Å². The van der Waals surface area contributed by atoms with Crippen LogP contribution in [0.25, 0.3) is 93.6 Å². The van der Waals surface area contributed by atoms with Gasteiger partial charge in [0, 0.05) is 49.4 Å². The molecular formula is C71H77N3. The molecule has 0 N–H and O–H groups in total. The Hall–Kier alpha value is -6.84. The molecule has 0 aliphatic heterocycles. The van der Waals surface area contributed by atoms with Gasteiger partial charge in [-0.05, 0) is 156 Å². The molecule has 0 amide bonds. The van der Waals surface area contributed by atoms with Gasteiger partial charge in [0.2, 0.25) is 0 Å². The number of benzene rings is 8. The maximum Gasteiger partial charge on any atom is 0.0542 e. The minimum Gasteiger partial charge on any atom is -0.309 e. The summed E-state index contributed by atoms with van der Waals surface area (Å²) in [6.45, 7) is 14.0. The van der Waals surface area contributed by atoms with Crippen molar-refractivity contribution in [2.45, 2.75) is 131 Å². The van der Waals surface area contributed by atoms with Gasteiger partial charge < -0.3 is 13.7 Å². The molecular weight excluding hydrogens is 895 g/mol. The minimum absolute atomic E-state index is 0.718. The number of hydrogen-bond acceptors (Lipinski definition) is 0. The van der Waals surface area contributed by atoms with Gasteiger partial charge in [0.1, 0.15) is 0 Å². The molecule has 0 saturated carbocycles. The first kappa shape index (κ1) is 49.4. The molecule has 11 aromatic rings. The second-order valence-electron chi connectivity index (χ2n) is 21.9. The van der Waals surface area contributed by atoms with Gasteiger partial charge in [-0.2, -0.15) is 0 Å². The molecule has 3 unspecified atom stereocenters. The van der Waals surface area contributed by atoms with E-state index in [2.05, 4.69) is 225 Å². The van der Waals surface area contributed by atoms with Crippen LogP contribution in [0.15, 0.2) is 170 Å². The van der Waals surface area contributed by atoms with Crippen LogP contribution in [0.5, 0.6) is 0 Å². The third-order valence-corrected chi connectivity index (χ3v) is 17.0. The minimum atomic E-state index is 0.718. The van der Waals surface area contributed by atoms with Crippen LogP contribution in [0.2, 0.25) is 0 Å². The fourth-order valence-corrected chi connectivity index (χ4v) is 12.8. The predicted octanol–water partition coefficient (Wildman–Crippen LogP) is 20.5. The van der Waals surface area contributed by atoms with Crippen LogP contribution < -0.4 is 0 Å². The first-order chi connectivity index (χ1) is 36.4.